The number of anilines is 2. The molecule has 2 aromatic rings. The Kier molecular flexibility index (Phi) is 4.56. The summed E-state index contributed by atoms with van der Waals surface area (Å²) >= 11 is 0. The van der Waals surface area contributed by atoms with Crippen molar-refractivity contribution in [2.75, 3.05) is 29.9 Å². The van der Waals surface area contributed by atoms with Gasteiger partial charge in [-0.1, -0.05) is 31.0 Å². The Morgan fingerprint density at radius 3 is 2.45 bits per heavy atom. The molecule has 8 rings (SSSR count). The third kappa shape index (κ3) is 2.96. The minimum absolute atomic E-state index is 0.0274. The van der Waals surface area contributed by atoms with E-state index in [-0.39, 0.29) is 29.7 Å². The summed E-state index contributed by atoms with van der Waals surface area (Å²) in [6, 6.07) is 12.7. The predicted octanol–water partition coefficient (Wildman–Crippen LogP) is 2.18. The number of hydrogen-bond donors (Lipinski definition) is 3. The van der Waals surface area contributed by atoms with Crippen LogP contribution in [0.4, 0.5) is 16.2 Å². The third-order valence-electron chi connectivity index (χ3n) is 10.3. The zero-order chi connectivity index (χ0) is 27.4. The standard InChI is InChI=1S/C30H29N5O5/c36-23(34-12-11-29(16-34)25(38)32-27(40)33-29)17-7-8-22-19(13-17)28(9-3-4-10-28)15-35(22)24(37)20-14-30(20)18-5-1-2-6-21(18)31-26(30)39/h1-2,5-8,13,20H,3-4,9-12,14-16H2,(H,31,39)(H2,32,33,38,40)/t20?,29?,30-/m0/s1. The molecule has 4 heterocycles. The minimum atomic E-state index is -1.06. The van der Waals surface area contributed by atoms with E-state index in [1.165, 1.54) is 0 Å². The van der Waals surface area contributed by atoms with Crippen LogP contribution in [-0.4, -0.2) is 59.7 Å². The number of carbonyl (C=O) groups excluding carboxylic acids is 5. The van der Waals surface area contributed by atoms with Gasteiger partial charge in [-0.15, -0.1) is 0 Å². The maximum atomic E-state index is 14.1. The van der Waals surface area contributed by atoms with Crippen LogP contribution in [0, 0.1) is 5.92 Å². The lowest BCUT2D eigenvalue weighted by atomic mass is 9.80. The number of nitrogens with zero attached hydrogens (tertiary/aromatic N) is 2. The van der Waals surface area contributed by atoms with Gasteiger partial charge in [0.25, 0.3) is 11.8 Å². The second-order valence-corrected chi connectivity index (χ2v) is 12.3. The third-order valence-corrected chi connectivity index (χ3v) is 10.3. The SMILES string of the molecule is O=C1NC(=O)C2(CCN(C(=O)c3ccc4c(c3)C3(CCCC3)CN4C(=O)C3C[C@@]34C(=O)Nc3ccccc34)C2)N1. The number of rotatable bonds is 2. The highest BCUT2D eigenvalue weighted by molar-refractivity contribution is 6.15. The highest BCUT2D eigenvalue weighted by Gasteiger charge is 2.69. The summed E-state index contributed by atoms with van der Waals surface area (Å²) in [7, 11) is 0. The number of amides is 6. The average molecular weight is 540 g/mol. The summed E-state index contributed by atoms with van der Waals surface area (Å²) in [5.41, 5.74) is 2.02. The van der Waals surface area contributed by atoms with Crippen LogP contribution in [0.25, 0.3) is 0 Å². The highest BCUT2D eigenvalue weighted by Crippen LogP contribution is 2.62. The minimum Gasteiger partial charge on any atom is -0.336 e. The molecule has 3 spiro atoms. The van der Waals surface area contributed by atoms with Crippen molar-refractivity contribution in [1.82, 2.24) is 15.5 Å². The van der Waals surface area contributed by atoms with Gasteiger partial charge in [0.1, 0.15) is 5.54 Å². The summed E-state index contributed by atoms with van der Waals surface area (Å²) in [5, 5.41) is 7.94. The van der Waals surface area contributed by atoms with E-state index < -0.39 is 28.8 Å². The molecule has 10 heteroatoms. The Bertz CT molecular complexity index is 1560. The smallest absolute Gasteiger partial charge is 0.322 e. The number of hydrogen-bond acceptors (Lipinski definition) is 5. The number of nitrogens with one attached hydrogen (secondary N) is 3. The van der Waals surface area contributed by atoms with Gasteiger partial charge < -0.3 is 20.4 Å². The maximum Gasteiger partial charge on any atom is 0.322 e. The van der Waals surface area contributed by atoms with Gasteiger partial charge in [0.15, 0.2) is 0 Å². The first kappa shape index (κ1) is 23.7. The van der Waals surface area contributed by atoms with Crippen molar-refractivity contribution in [3.05, 3.63) is 59.2 Å². The van der Waals surface area contributed by atoms with Gasteiger partial charge in [0, 0.05) is 35.4 Å². The second-order valence-electron chi connectivity index (χ2n) is 12.3. The largest absolute Gasteiger partial charge is 0.336 e. The van der Waals surface area contributed by atoms with Gasteiger partial charge in [-0.3, -0.25) is 24.5 Å². The summed E-state index contributed by atoms with van der Waals surface area (Å²) in [4.78, 5) is 68.3. The lowest BCUT2D eigenvalue weighted by Crippen LogP contribution is -2.49. The van der Waals surface area contributed by atoms with Crippen molar-refractivity contribution in [2.24, 2.45) is 5.92 Å². The lowest BCUT2D eigenvalue weighted by Gasteiger charge is -2.25. The fourth-order valence-corrected chi connectivity index (χ4v) is 8.09. The number of carbonyl (C=O) groups is 5. The number of urea groups is 1. The fraction of sp³-hybridized carbons (Fsp3) is 0.433. The highest BCUT2D eigenvalue weighted by atomic mass is 16.2. The Morgan fingerprint density at radius 1 is 0.875 bits per heavy atom. The van der Waals surface area contributed by atoms with Gasteiger partial charge >= 0.3 is 6.03 Å². The molecule has 3 atom stereocenters. The molecular weight excluding hydrogens is 510 g/mol. The first-order chi connectivity index (χ1) is 19.3. The summed E-state index contributed by atoms with van der Waals surface area (Å²) in [6.45, 7) is 1.06. The van der Waals surface area contributed by atoms with E-state index >= 15 is 0 Å². The molecule has 10 nitrogen and oxygen atoms in total. The summed E-state index contributed by atoms with van der Waals surface area (Å²) in [6.07, 6.45) is 4.88. The number of benzene rings is 2. The van der Waals surface area contributed by atoms with Crippen LogP contribution < -0.4 is 20.9 Å². The lowest BCUT2D eigenvalue weighted by molar-refractivity contribution is -0.124. The van der Waals surface area contributed by atoms with Crippen molar-refractivity contribution in [3.8, 4) is 0 Å². The van der Waals surface area contributed by atoms with Gasteiger partial charge in [0.2, 0.25) is 11.8 Å². The number of imide groups is 1. The molecule has 0 bridgehead atoms. The normalized spacial score (nSPS) is 30.6. The van der Waals surface area contributed by atoms with E-state index in [2.05, 4.69) is 16.0 Å². The number of fused-ring (bicyclic) bond motifs is 4. The van der Waals surface area contributed by atoms with Crippen LogP contribution in [0.3, 0.4) is 0 Å². The van der Waals surface area contributed by atoms with E-state index in [1.807, 2.05) is 41.3 Å². The molecule has 2 aromatic carbocycles. The van der Waals surface area contributed by atoms with Gasteiger partial charge in [-0.25, -0.2) is 4.79 Å². The van der Waals surface area contributed by atoms with Crippen molar-refractivity contribution in [2.45, 2.75) is 54.9 Å². The maximum absolute atomic E-state index is 14.1. The van der Waals surface area contributed by atoms with Crippen LogP contribution in [0.1, 0.15) is 60.0 Å². The molecule has 4 aliphatic heterocycles. The molecule has 2 unspecified atom stereocenters. The van der Waals surface area contributed by atoms with Crippen LogP contribution in [-0.2, 0) is 25.2 Å². The molecule has 40 heavy (non-hydrogen) atoms. The zero-order valence-electron chi connectivity index (χ0n) is 21.9. The molecule has 204 valence electrons. The fourth-order valence-electron chi connectivity index (χ4n) is 8.09. The molecule has 0 aromatic heterocycles. The summed E-state index contributed by atoms with van der Waals surface area (Å²) < 4.78 is 0. The van der Waals surface area contributed by atoms with Crippen molar-refractivity contribution >= 4 is 41.0 Å². The average Bonchev–Trinajstić information content (AvgIpc) is 3.38. The monoisotopic (exact) mass is 539 g/mol. The van der Waals surface area contributed by atoms with Gasteiger partial charge in [-0.2, -0.15) is 0 Å². The van der Waals surface area contributed by atoms with Crippen LogP contribution in [0.2, 0.25) is 0 Å². The first-order valence-corrected chi connectivity index (χ1v) is 14.1. The van der Waals surface area contributed by atoms with Crippen LogP contribution in [0.15, 0.2) is 42.5 Å². The van der Waals surface area contributed by atoms with Crippen LogP contribution >= 0.6 is 0 Å². The van der Waals surface area contributed by atoms with Gasteiger partial charge in [-0.05, 0) is 61.1 Å². The Labute approximate surface area is 230 Å². The molecule has 2 saturated heterocycles. The number of likely N-dealkylation sites (tertiary alicyclic amines) is 1. The van der Waals surface area contributed by atoms with Crippen molar-refractivity contribution in [1.29, 1.82) is 0 Å². The Hall–Kier alpha value is -4.21. The van der Waals surface area contributed by atoms with Gasteiger partial charge in [0.05, 0.1) is 17.9 Å². The van der Waals surface area contributed by atoms with E-state index in [0.717, 1.165) is 48.2 Å². The van der Waals surface area contributed by atoms with E-state index in [1.54, 1.807) is 11.0 Å². The molecule has 6 amide bonds. The van der Waals surface area contributed by atoms with E-state index in [4.69, 9.17) is 0 Å². The Morgan fingerprint density at radius 2 is 1.68 bits per heavy atom. The quantitative estimate of drug-likeness (QED) is 0.504. The molecule has 6 aliphatic rings. The van der Waals surface area contributed by atoms with E-state index in [0.29, 0.717) is 31.5 Å². The summed E-state index contributed by atoms with van der Waals surface area (Å²) in [5.74, 6) is -1.11. The molecule has 0 radical (unpaired) electrons. The Balaban J connectivity index is 1.09. The van der Waals surface area contributed by atoms with Crippen molar-refractivity contribution in [3.63, 3.8) is 0 Å². The molecule has 3 N–H and O–H groups in total. The molecule has 4 fully saturated rings. The zero-order valence-corrected chi connectivity index (χ0v) is 21.9. The number of para-hydroxylation sites is 1. The first-order valence-electron chi connectivity index (χ1n) is 14.1. The second kappa shape index (κ2) is 7.71. The van der Waals surface area contributed by atoms with Crippen molar-refractivity contribution < 1.29 is 24.0 Å². The van der Waals surface area contributed by atoms with E-state index in [9.17, 15) is 24.0 Å². The molecule has 2 aliphatic carbocycles. The molecular formula is C30H29N5O5. The predicted molar refractivity (Wildman–Crippen MR) is 144 cm³/mol. The topological polar surface area (TPSA) is 128 Å². The van der Waals surface area contributed by atoms with Crippen LogP contribution in [0.5, 0.6) is 0 Å². The molecule has 2 saturated carbocycles.